The van der Waals surface area contributed by atoms with Gasteiger partial charge < -0.3 is 10.3 Å². The van der Waals surface area contributed by atoms with Crippen molar-refractivity contribution in [1.82, 2.24) is 10.3 Å². The molecular weight excluding hydrogens is 184 g/mol. The highest BCUT2D eigenvalue weighted by molar-refractivity contribution is 5.03. The van der Waals surface area contributed by atoms with Crippen LogP contribution < -0.4 is 5.32 Å². The van der Waals surface area contributed by atoms with Gasteiger partial charge in [0.25, 0.3) is 0 Å². The topological polar surface area (TPSA) is 27.8 Å². The van der Waals surface area contributed by atoms with Gasteiger partial charge in [0.2, 0.25) is 0 Å². The Morgan fingerprint density at radius 2 is 2.33 bits per heavy atom. The first kappa shape index (κ1) is 10.7. The van der Waals surface area contributed by atoms with Gasteiger partial charge in [-0.1, -0.05) is 20.3 Å². The molecule has 3 atom stereocenters. The van der Waals surface area contributed by atoms with Gasteiger partial charge in [-0.2, -0.15) is 0 Å². The van der Waals surface area contributed by atoms with Crippen LogP contribution in [0.25, 0.3) is 0 Å². The van der Waals surface area contributed by atoms with E-state index in [0.29, 0.717) is 0 Å². The van der Waals surface area contributed by atoms with Gasteiger partial charge in [0.1, 0.15) is 0 Å². The average Bonchev–Trinajstić information content (AvgIpc) is 2.85. The molecule has 0 saturated heterocycles. The van der Waals surface area contributed by atoms with Gasteiger partial charge in [0, 0.05) is 24.5 Å². The van der Waals surface area contributed by atoms with Gasteiger partial charge in [-0.05, 0) is 36.8 Å². The summed E-state index contributed by atoms with van der Waals surface area (Å²) < 4.78 is 0. The molecule has 1 fully saturated rings. The summed E-state index contributed by atoms with van der Waals surface area (Å²) in [7, 11) is 0. The summed E-state index contributed by atoms with van der Waals surface area (Å²) in [4.78, 5) is 3.24. The second kappa shape index (κ2) is 4.84. The number of hydrogen-bond donors (Lipinski definition) is 2. The molecule has 0 aromatic carbocycles. The van der Waals surface area contributed by atoms with Crippen LogP contribution in [0.1, 0.15) is 38.8 Å². The zero-order chi connectivity index (χ0) is 10.7. The van der Waals surface area contributed by atoms with Crippen LogP contribution in [-0.4, -0.2) is 11.0 Å². The Morgan fingerprint density at radius 1 is 1.47 bits per heavy atom. The van der Waals surface area contributed by atoms with E-state index in [4.69, 9.17) is 0 Å². The first-order chi connectivity index (χ1) is 7.31. The number of rotatable bonds is 4. The van der Waals surface area contributed by atoms with Crippen molar-refractivity contribution in [3.05, 3.63) is 24.0 Å². The lowest BCUT2D eigenvalue weighted by molar-refractivity contribution is 0.343. The molecule has 2 N–H and O–H groups in total. The van der Waals surface area contributed by atoms with Crippen LogP contribution >= 0.6 is 0 Å². The molecule has 1 aliphatic rings. The van der Waals surface area contributed by atoms with Gasteiger partial charge in [-0.25, -0.2) is 0 Å². The Kier molecular flexibility index (Phi) is 3.47. The van der Waals surface area contributed by atoms with Gasteiger partial charge in [-0.15, -0.1) is 0 Å². The van der Waals surface area contributed by atoms with Crippen molar-refractivity contribution in [2.75, 3.05) is 0 Å². The molecule has 84 valence electrons. The highest BCUT2D eigenvalue weighted by Gasteiger charge is 2.30. The summed E-state index contributed by atoms with van der Waals surface area (Å²) >= 11 is 0. The number of hydrogen-bond acceptors (Lipinski definition) is 1. The molecule has 1 aromatic heterocycles. The molecule has 1 aromatic rings. The van der Waals surface area contributed by atoms with E-state index in [-0.39, 0.29) is 0 Å². The number of nitrogens with one attached hydrogen (secondary N) is 2. The maximum Gasteiger partial charge on any atom is 0.0359 e. The zero-order valence-electron chi connectivity index (χ0n) is 9.79. The summed E-state index contributed by atoms with van der Waals surface area (Å²) in [5.41, 5.74) is 1.29. The predicted molar refractivity (Wildman–Crippen MR) is 63.6 cm³/mol. The Labute approximate surface area is 92.5 Å². The normalized spacial score (nSPS) is 30.9. The zero-order valence-corrected chi connectivity index (χ0v) is 9.79. The molecule has 2 rings (SSSR count). The fraction of sp³-hybridized carbons (Fsp3) is 0.692. The summed E-state index contributed by atoms with van der Waals surface area (Å²) in [5.74, 6) is 1.77. The predicted octanol–water partition coefficient (Wildman–Crippen LogP) is 2.93. The summed E-state index contributed by atoms with van der Waals surface area (Å²) in [6, 6.07) is 4.92. The lowest BCUT2D eigenvalue weighted by Crippen LogP contribution is -2.32. The average molecular weight is 206 g/mol. The van der Waals surface area contributed by atoms with E-state index in [1.807, 2.05) is 6.20 Å². The second-order valence-electron chi connectivity index (χ2n) is 4.79. The third-order valence-electron chi connectivity index (χ3n) is 3.97. The molecule has 2 nitrogen and oxygen atoms in total. The molecule has 2 heteroatoms. The maximum atomic E-state index is 3.67. The van der Waals surface area contributed by atoms with Crippen LogP contribution in [0.3, 0.4) is 0 Å². The van der Waals surface area contributed by atoms with Crippen LogP contribution in [0, 0.1) is 11.8 Å². The largest absolute Gasteiger partial charge is 0.364 e. The lowest BCUT2D eigenvalue weighted by Gasteiger charge is -2.20. The van der Waals surface area contributed by atoms with Crippen molar-refractivity contribution >= 4 is 0 Å². The summed E-state index contributed by atoms with van der Waals surface area (Å²) in [6.45, 7) is 5.69. The first-order valence-electron chi connectivity index (χ1n) is 6.17. The monoisotopic (exact) mass is 206 g/mol. The van der Waals surface area contributed by atoms with E-state index in [9.17, 15) is 0 Å². The van der Waals surface area contributed by atoms with Crippen molar-refractivity contribution < 1.29 is 0 Å². The molecule has 1 saturated carbocycles. The number of aromatic nitrogens is 1. The SMILES string of the molecule is CCC1CCC(NCc2ccc[nH]2)C1C. The van der Waals surface area contributed by atoms with E-state index in [2.05, 4.69) is 36.3 Å². The Morgan fingerprint density at radius 3 is 2.93 bits per heavy atom. The molecule has 15 heavy (non-hydrogen) atoms. The van der Waals surface area contributed by atoms with E-state index < -0.39 is 0 Å². The van der Waals surface area contributed by atoms with Crippen molar-refractivity contribution in [1.29, 1.82) is 0 Å². The highest BCUT2D eigenvalue weighted by Crippen LogP contribution is 2.33. The molecule has 1 aliphatic carbocycles. The summed E-state index contributed by atoms with van der Waals surface area (Å²) in [6.07, 6.45) is 6.08. The van der Waals surface area contributed by atoms with Gasteiger partial charge >= 0.3 is 0 Å². The molecule has 0 amide bonds. The van der Waals surface area contributed by atoms with E-state index in [0.717, 1.165) is 24.4 Å². The van der Waals surface area contributed by atoms with Gasteiger partial charge in [-0.3, -0.25) is 0 Å². The van der Waals surface area contributed by atoms with Crippen molar-refractivity contribution in [3.8, 4) is 0 Å². The van der Waals surface area contributed by atoms with Crippen molar-refractivity contribution in [3.63, 3.8) is 0 Å². The number of H-pyrrole nitrogens is 1. The maximum absolute atomic E-state index is 3.67. The molecular formula is C13H22N2. The highest BCUT2D eigenvalue weighted by atomic mass is 14.9. The van der Waals surface area contributed by atoms with Crippen molar-refractivity contribution in [2.24, 2.45) is 11.8 Å². The fourth-order valence-corrected chi connectivity index (χ4v) is 2.83. The van der Waals surface area contributed by atoms with Crippen LogP contribution in [0.2, 0.25) is 0 Å². The summed E-state index contributed by atoms with van der Waals surface area (Å²) in [5, 5.41) is 3.67. The van der Waals surface area contributed by atoms with Crippen LogP contribution in [0.15, 0.2) is 18.3 Å². The Hall–Kier alpha value is -0.760. The molecule has 0 aliphatic heterocycles. The molecule has 1 heterocycles. The minimum atomic E-state index is 0.721. The van der Waals surface area contributed by atoms with E-state index in [1.165, 1.54) is 25.0 Å². The van der Waals surface area contributed by atoms with E-state index in [1.54, 1.807) is 0 Å². The molecule has 0 bridgehead atoms. The van der Waals surface area contributed by atoms with Crippen LogP contribution in [0.4, 0.5) is 0 Å². The van der Waals surface area contributed by atoms with E-state index >= 15 is 0 Å². The standard InChI is InChI=1S/C13H22N2/c1-3-11-6-7-13(10(11)2)15-9-12-5-4-8-14-12/h4-5,8,10-11,13-15H,3,6-7,9H2,1-2H3. The second-order valence-corrected chi connectivity index (χ2v) is 4.79. The minimum absolute atomic E-state index is 0.721. The Bertz CT molecular complexity index is 279. The molecule has 0 radical (unpaired) electrons. The Balaban J connectivity index is 1.81. The fourth-order valence-electron chi connectivity index (χ4n) is 2.83. The van der Waals surface area contributed by atoms with Crippen molar-refractivity contribution in [2.45, 2.75) is 45.7 Å². The van der Waals surface area contributed by atoms with Crippen LogP contribution in [-0.2, 0) is 6.54 Å². The third kappa shape index (κ3) is 2.43. The first-order valence-corrected chi connectivity index (χ1v) is 6.17. The van der Waals surface area contributed by atoms with Crippen LogP contribution in [0.5, 0.6) is 0 Å². The minimum Gasteiger partial charge on any atom is -0.364 e. The molecule has 3 unspecified atom stereocenters. The van der Waals surface area contributed by atoms with Gasteiger partial charge in [0.15, 0.2) is 0 Å². The lowest BCUT2D eigenvalue weighted by atomic mass is 9.93. The quantitative estimate of drug-likeness (QED) is 0.779. The van der Waals surface area contributed by atoms with Gasteiger partial charge in [0.05, 0.1) is 0 Å². The third-order valence-corrected chi connectivity index (χ3v) is 3.97. The number of aromatic amines is 1. The molecule has 0 spiro atoms. The smallest absolute Gasteiger partial charge is 0.0359 e.